The molecule has 2 fully saturated rings. The highest BCUT2D eigenvalue weighted by molar-refractivity contribution is 5.35. The predicted molar refractivity (Wildman–Crippen MR) is 114 cm³/mol. The SMILES string of the molecule is C=C1CCC2C(C)(C)CCCC2(C)C1Cc1cc(C)cc(OC)c1.CC. The van der Waals surface area contributed by atoms with Crippen LogP contribution in [0.4, 0.5) is 0 Å². The van der Waals surface area contributed by atoms with E-state index in [1.807, 2.05) is 13.8 Å². The van der Waals surface area contributed by atoms with Crippen molar-refractivity contribution in [3.05, 3.63) is 41.5 Å². The zero-order chi connectivity index (χ0) is 19.5. The van der Waals surface area contributed by atoms with E-state index < -0.39 is 0 Å². The van der Waals surface area contributed by atoms with E-state index in [1.54, 1.807) is 7.11 Å². The maximum atomic E-state index is 5.49. The van der Waals surface area contributed by atoms with Gasteiger partial charge < -0.3 is 4.74 Å². The highest BCUT2D eigenvalue weighted by Crippen LogP contribution is 2.61. The van der Waals surface area contributed by atoms with Crippen LogP contribution in [0.3, 0.4) is 0 Å². The minimum absolute atomic E-state index is 0.397. The minimum atomic E-state index is 0.397. The topological polar surface area (TPSA) is 9.23 Å². The van der Waals surface area contributed by atoms with Gasteiger partial charge in [-0.1, -0.05) is 59.3 Å². The molecule has 0 N–H and O–H groups in total. The summed E-state index contributed by atoms with van der Waals surface area (Å²) in [5.41, 5.74) is 5.04. The molecule has 1 heteroatoms. The number of fused-ring (bicyclic) bond motifs is 1. The Hall–Kier alpha value is -1.24. The van der Waals surface area contributed by atoms with E-state index in [0.717, 1.165) is 18.1 Å². The van der Waals surface area contributed by atoms with Crippen molar-refractivity contribution in [3.63, 3.8) is 0 Å². The van der Waals surface area contributed by atoms with Crippen molar-refractivity contribution in [2.24, 2.45) is 22.7 Å². The molecule has 146 valence electrons. The second kappa shape index (κ2) is 8.19. The van der Waals surface area contributed by atoms with Crippen molar-refractivity contribution in [2.75, 3.05) is 7.11 Å². The first kappa shape index (κ1) is 21.1. The first-order valence-electron chi connectivity index (χ1n) is 10.6. The normalized spacial score (nSPS) is 30.0. The van der Waals surface area contributed by atoms with E-state index >= 15 is 0 Å². The Balaban J connectivity index is 0.00000117. The fraction of sp³-hybridized carbons (Fsp3) is 0.680. The first-order chi connectivity index (χ1) is 12.3. The van der Waals surface area contributed by atoms with Gasteiger partial charge >= 0.3 is 0 Å². The second-order valence-electron chi connectivity index (χ2n) is 9.21. The van der Waals surface area contributed by atoms with E-state index in [4.69, 9.17) is 4.74 Å². The van der Waals surface area contributed by atoms with Gasteiger partial charge in [-0.05, 0) is 85.0 Å². The van der Waals surface area contributed by atoms with Crippen LogP contribution in [-0.2, 0) is 6.42 Å². The van der Waals surface area contributed by atoms with Gasteiger partial charge in [0.15, 0.2) is 0 Å². The monoisotopic (exact) mass is 356 g/mol. The van der Waals surface area contributed by atoms with E-state index in [1.165, 1.54) is 48.8 Å². The lowest BCUT2D eigenvalue weighted by molar-refractivity contribution is -0.0517. The summed E-state index contributed by atoms with van der Waals surface area (Å²) in [6, 6.07) is 6.67. The van der Waals surface area contributed by atoms with Gasteiger partial charge in [0.25, 0.3) is 0 Å². The molecule has 0 aromatic heterocycles. The van der Waals surface area contributed by atoms with E-state index in [2.05, 4.69) is 52.5 Å². The van der Waals surface area contributed by atoms with Gasteiger partial charge in [0.1, 0.15) is 5.75 Å². The van der Waals surface area contributed by atoms with Crippen molar-refractivity contribution >= 4 is 0 Å². The third-order valence-electron chi connectivity index (χ3n) is 7.11. The Morgan fingerprint density at radius 3 is 2.46 bits per heavy atom. The quantitative estimate of drug-likeness (QED) is 0.514. The molecule has 3 unspecified atom stereocenters. The van der Waals surface area contributed by atoms with Crippen molar-refractivity contribution in [1.29, 1.82) is 0 Å². The predicted octanol–water partition coefficient (Wildman–Crippen LogP) is 7.37. The maximum absolute atomic E-state index is 5.49. The molecule has 3 atom stereocenters. The summed E-state index contributed by atoms with van der Waals surface area (Å²) in [5, 5.41) is 0. The minimum Gasteiger partial charge on any atom is -0.497 e. The molecular weight excluding hydrogens is 316 g/mol. The van der Waals surface area contributed by atoms with Crippen LogP contribution in [0.25, 0.3) is 0 Å². The summed E-state index contributed by atoms with van der Waals surface area (Å²) in [5.74, 6) is 2.40. The van der Waals surface area contributed by atoms with Crippen LogP contribution in [0, 0.1) is 29.6 Å². The Morgan fingerprint density at radius 2 is 1.81 bits per heavy atom. The molecule has 2 saturated carbocycles. The maximum Gasteiger partial charge on any atom is 0.119 e. The average molecular weight is 357 g/mol. The number of methoxy groups -OCH3 is 1. The molecule has 3 rings (SSSR count). The fourth-order valence-electron chi connectivity index (χ4n) is 5.95. The Labute approximate surface area is 162 Å². The van der Waals surface area contributed by atoms with Gasteiger partial charge in [0.05, 0.1) is 7.11 Å². The van der Waals surface area contributed by atoms with Crippen LogP contribution in [0.5, 0.6) is 5.75 Å². The lowest BCUT2D eigenvalue weighted by Gasteiger charge is -2.58. The Kier molecular flexibility index (Phi) is 6.64. The molecule has 0 aliphatic heterocycles. The lowest BCUT2D eigenvalue weighted by Crippen LogP contribution is -2.50. The summed E-state index contributed by atoms with van der Waals surface area (Å²) in [7, 11) is 1.76. The fourth-order valence-corrected chi connectivity index (χ4v) is 5.95. The summed E-state index contributed by atoms with van der Waals surface area (Å²) >= 11 is 0. The van der Waals surface area contributed by atoms with Crippen LogP contribution in [-0.4, -0.2) is 7.11 Å². The zero-order valence-corrected chi connectivity index (χ0v) is 18.2. The summed E-state index contributed by atoms with van der Waals surface area (Å²) < 4.78 is 5.49. The van der Waals surface area contributed by atoms with Crippen LogP contribution in [0.1, 0.15) is 77.8 Å². The third-order valence-corrected chi connectivity index (χ3v) is 7.11. The zero-order valence-electron chi connectivity index (χ0n) is 18.2. The molecule has 1 aromatic carbocycles. The number of ether oxygens (including phenoxy) is 1. The van der Waals surface area contributed by atoms with Crippen molar-refractivity contribution in [2.45, 2.75) is 80.1 Å². The molecule has 0 amide bonds. The highest BCUT2D eigenvalue weighted by Gasteiger charge is 2.52. The standard InChI is InChI=1S/C23H34O.C2H6/c1-16-12-18(14-19(13-16)24-6)15-20-17(2)8-9-21-22(3,4)10-7-11-23(20,21)5;1-2/h12-14,20-21H,2,7-11,15H2,1,3-6H3;1-2H3. The molecule has 2 aliphatic rings. The van der Waals surface area contributed by atoms with Crippen molar-refractivity contribution in [1.82, 2.24) is 0 Å². The van der Waals surface area contributed by atoms with Crippen LogP contribution >= 0.6 is 0 Å². The van der Waals surface area contributed by atoms with Crippen molar-refractivity contribution < 1.29 is 4.74 Å². The third kappa shape index (κ3) is 4.02. The summed E-state index contributed by atoms with van der Waals surface area (Å²) in [6.45, 7) is 18.2. The summed E-state index contributed by atoms with van der Waals surface area (Å²) in [6.07, 6.45) is 7.74. The molecule has 26 heavy (non-hydrogen) atoms. The largest absolute Gasteiger partial charge is 0.497 e. The Bertz CT molecular complexity index is 627. The number of allylic oxidation sites excluding steroid dienone is 1. The van der Waals surface area contributed by atoms with Gasteiger partial charge in [0, 0.05) is 0 Å². The average Bonchev–Trinajstić information content (AvgIpc) is 2.58. The van der Waals surface area contributed by atoms with Gasteiger partial charge in [-0.25, -0.2) is 0 Å². The molecule has 1 aromatic rings. The Morgan fingerprint density at radius 1 is 1.12 bits per heavy atom. The highest BCUT2D eigenvalue weighted by atomic mass is 16.5. The van der Waals surface area contributed by atoms with Gasteiger partial charge in [-0.3, -0.25) is 0 Å². The molecule has 0 saturated heterocycles. The molecule has 0 heterocycles. The number of hydrogen-bond donors (Lipinski definition) is 0. The number of hydrogen-bond acceptors (Lipinski definition) is 1. The van der Waals surface area contributed by atoms with Gasteiger partial charge in [0.2, 0.25) is 0 Å². The van der Waals surface area contributed by atoms with Gasteiger partial charge in [-0.2, -0.15) is 0 Å². The molecule has 0 bridgehead atoms. The van der Waals surface area contributed by atoms with Crippen molar-refractivity contribution in [3.8, 4) is 5.75 Å². The molecular formula is C25H40O. The molecule has 0 radical (unpaired) electrons. The van der Waals surface area contributed by atoms with Crippen LogP contribution < -0.4 is 4.74 Å². The molecule has 2 aliphatic carbocycles. The first-order valence-corrected chi connectivity index (χ1v) is 10.6. The smallest absolute Gasteiger partial charge is 0.119 e. The summed E-state index contributed by atoms with van der Waals surface area (Å²) in [4.78, 5) is 0. The molecule has 0 spiro atoms. The van der Waals surface area contributed by atoms with E-state index in [9.17, 15) is 0 Å². The van der Waals surface area contributed by atoms with E-state index in [-0.39, 0.29) is 0 Å². The van der Waals surface area contributed by atoms with Crippen LogP contribution in [0.15, 0.2) is 30.4 Å². The van der Waals surface area contributed by atoms with Crippen LogP contribution in [0.2, 0.25) is 0 Å². The van der Waals surface area contributed by atoms with Gasteiger partial charge in [-0.15, -0.1) is 0 Å². The molecule has 1 nitrogen and oxygen atoms in total. The van der Waals surface area contributed by atoms with E-state index in [0.29, 0.717) is 16.7 Å². The number of benzene rings is 1. The second-order valence-corrected chi connectivity index (χ2v) is 9.21. The lowest BCUT2D eigenvalue weighted by atomic mass is 9.47. The number of rotatable bonds is 3. The number of aryl methyl sites for hydroxylation is 1.